The van der Waals surface area contributed by atoms with Gasteiger partial charge in [0.2, 0.25) is 0 Å². The minimum atomic E-state index is -3.31. The summed E-state index contributed by atoms with van der Waals surface area (Å²) in [6.07, 6.45) is 3.98. The highest BCUT2D eigenvalue weighted by Crippen LogP contribution is 2.35. The fourth-order valence-electron chi connectivity index (χ4n) is 2.24. The van der Waals surface area contributed by atoms with Crippen molar-refractivity contribution in [2.24, 2.45) is 0 Å². The molecular weight excluding hydrogens is 292 g/mol. The van der Waals surface area contributed by atoms with Crippen molar-refractivity contribution in [1.29, 1.82) is 0 Å². The summed E-state index contributed by atoms with van der Waals surface area (Å²) in [5, 5.41) is 3.09. The van der Waals surface area contributed by atoms with Crippen LogP contribution in [0.2, 0.25) is 0 Å². The first-order chi connectivity index (χ1) is 9.50. The van der Waals surface area contributed by atoms with E-state index in [4.69, 9.17) is 0 Å². The molecule has 1 saturated carbocycles. The fourth-order valence-corrected chi connectivity index (χ4v) is 5.70. The quantitative estimate of drug-likeness (QED) is 0.802. The molecule has 1 fully saturated rings. The Morgan fingerprint density at radius 1 is 1.45 bits per heavy atom. The average molecular weight is 316 g/mol. The Morgan fingerprint density at radius 2 is 2.15 bits per heavy atom. The van der Waals surface area contributed by atoms with Crippen molar-refractivity contribution in [3.8, 4) is 0 Å². The highest BCUT2D eigenvalue weighted by atomic mass is 32.2. The highest BCUT2D eigenvalue weighted by molar-refractivity contribution is 7.91. The summed E-state index contributed by atoms with van der Waals surface area (Å²) < 4.78 is 27.8. The molecule has 6 heteroatoms. The lowest BCUT2D eigenvalue weighted by atomic mass is 10.3. The van der Waals surface area contributed by atoms with Crippen LogP contribution >= 0.6 is 11.3 Å². The molecule has 0 aromatic carbocycles. The summed E-state index contributed by atoms with van der Waals surface area (Å²) in [5.41, 5.74) is 1.06. The number of hydrogen-bond donors (Lipinski definition) is 1. The van der Waals surface area contributed by atoms with Crippen LogP contribution in [0.1, 0.15) is 43.0 Å². The number of thiophene rings is 1. The second kappa shape index (κ2) is 6.56. The Kier molecular flexibility index (Phi) is 5.23. The maximum atomic E-state index is 12.8. The van der Waals surface area contributed by atoms with E-state index in [1.165, 1.54) is 11.3 Å². The predicted octanol–water partition coefficient (Wildman–Crippen LogP) is 2.73. The zero-order valence-electron chi connectivity index (χ0n) is 12.5. The summed E-state index contributed by atoms with van der Waals surface area (Å²) >= 11 is 1.41. The van der Waals surface area contributed by atoms with Crippen molar-refractivity contribution in [3.63, 3.8) is 0 Å². The van der Waals surface area contributed by atoms with Gasteiger partial charge in [-0.25, -0.2) is 8.42 Å². The second-order valence-corrected chi connectivity index (χ2v) is 8.66. The van der Waals surface area contributed by atoms with Crippen LogP contribution in [0, 0.1) is 6.92 Å². The maximum absolute atomic E-state index is 12.8. The van der Waals surface area contributed by atoms with Gasteiger partial charge >= 0.3 is 0 Å². The number of aryl methyl sites for hydroxylation is 1. The van der Waals surface area contributed by atoms with E-state index >= 15 is 0 Å². The van der Waals surface area contributed by atoms with Gasteiger partial charge in [-0.2, -0.15) is 4.31 Å². The number of hydrogen-bond acceptors (Lipinski definition) is 4. The molecule has 0 bridgehead atoms. The normalized spacial score (nSPS) is 16.0. The molecule has 1 aromatic rings. The van der Waals surface area contributed by atoms with Gasteiger partial charge in [0.25, 0.3) is 10.0 Å². The van der Waals surface area contributed by atoms with Crippen LogP contribution < -0.4 is 5.32 Å². The zero-order chi connectivity index (χ0) is 14.8. The van der Waals surface area contributed by atoms with Gasteiger partial charge in [-0.3, -0.25) is 0 Å². The van der Waals surface area contributed by atoms with E-state index in [1.807, 2.05) is 20.0 Å². The van der Waals surface area contributed by atoms with Gasteiger partial charge in [0.1, 0.15) is 4.21 Å². The van der Waals surface area contributed by atoms with Crippen LogP contribution in [0.25, 0.3) is 0 Å². The number of unbranched alkanes of at least 4 members (excludes halogenated alkanes) is 1. The summed E-state index contributed by atoms with van der Waals surface area (Å²) in [6.45, 7) is 5.46. The van der Waals surface area contributed by atoms with Gasteiger partial charge in [0, 0.05) is 24.0 Å². The molecule has 114 valence electrons. The summed E-state index contributed by atoms with van der Waals surface area (Å²) in [6, 6.07) is 2.07. The van der Waals surface area contributed by atoms with Gasteiger partial charge < -0.3 is 5.32 Å². The SMILES string of the molecule is CCCCN(C1CC1)S(=O)(=O)c1cc(C)c(CNC)s1. The highest BCUT2D eigenvalue weighted by Gasteiger charge is 2.38. The third-order valence-corrected chi connectivity index (χ3v) is 7.22. The first-order valence-electron chi connectivity index (χ1n) is 7.26. The number of sulfonamides is 1. The van der Waals surface area contributed by atoms with Crippen molar-refractivity contribution >= 4 is 21.4 Å². The average Bonchev–Trinajstić information content (AvgIpc) is 3.15. The first-order valence-corrected chi connectivity index (χ1v) is 9.52. The molecule has 1 aliphatic carbocycles. The Morgan fingerprint density at radius 3 is 2.70 bits per heavy atom. The Hall–Kier alpha value is -0.430. The predicted molar refractivity (Wildman–Crippen MR) is 83.6 cm³/mol. The molecule has 0 saturated heterocycles. The molecule has 0 spiro atoms. The van der Waals surface area contributed by atoms with E-state index in [9.17, 15) is 8.42 Å². The van der Waals surface area contributed by atoms with Gasteiger partial charge in [-0.15, -0.1) is 11.3 Å². The zero-order valence-corrected chi connectivity index (χ0v) is 14.1. The van der Waals surface area contributed by atoms with Crippen molar-refractivity contribution in [3.05, 3.63) is 16.5 Å². The Labute approximate surface area is 126 Å². The van der Waals surface area contributed by atoms with Crippen LogP contribution in [-0.4, -0.2) is 32.4 Å². The lowest BCUT2D eigenvalue weighted by Crippen LogP contribution is -2.33. The third-order valence-electron chi connectivity index (χ3n) is 3.58. The maximum Gasteiger partial charge on any atom is 0.252 e. The topological polar surface area (TPSA) is 49.4 Å². The Bertz CT molecular complexity index is 548. The molecule has 1 heterocycles. The lowest BCUT2D eigenvalue weighted by molar-refractivity contribution is 0.397. The van der Waals surface area contributed by atoms with Gasteiger partial charge in [-0.05, 0) is 44.9 Å². The van der Waals surface area contributed by atoms with Crippen molar-refractivity contribution in [2.45, 2.75) is 56.3 Å². The van der Waals surface area contributed by atoms with Crippen LogP contribution in [0.15, 0.2) is 10.3 Å². The summed E-state index contributed by atoms with van der Waals surface area (Å²) in [5.74, 6) is 0. The second-order valence-electron chi connectivity index (χ2n) is 5.40. The van der Waals surface area contributed by atoms with Gasteiger partial charge in [0.05, 0.1) is 0 Å². The van der Waals surface area contributed by atoms with Crippen molar-refractivity contribution in [1.82, 2.24) is 9.62 Å². The molecule has 0 unspecified atom stereocenters. The molecule has 0 atom stereocenters. The molecule has 1 N–H and O–H groups in total. The summed E-state index contributed by atoms with van der Waals surface area (Å²) in [4.78, 5) is 1.11. The van der Waals surface area contributed by atoms with Crippen LogP contribution in [-0.2, 0) is 16.6 Å². The molecule has 0 radical (unpaired) electrons. The molecule has 2 rings (SSSR count). The summed E-state index contributed by atoms with van der Waals surface area (Å²) in [7, 11) is -1.43. The van der Waals surface area contributed by atoms with E-state index in [1.54, 1.807) is 4.31 Å². The molecule has 20 heavy (non-hydrogen) atoms. The number of nitrogens with one attached hydrogen (secondary N) is 1. The molecule has 1 aliphatic rings. The van der Waals surface area contributed by atoms with E-state index in [0.29, 0.717) is 10.8 Å². The monoisotopic (exact) mass is 316 g/mol. The van der Waals surface area contributed by atoms with E-state index in [0.717, 1.165) is 42.7 Å². The van der Waals surface area contributed by atoms with E-state index in [2.05, 4.69) is 12.2 Å². The third kappa shape index (κ3) is 3.42. The minimum Gasteiger partial charge on any atom is -0.315 e. The molecule has 4 nitrogen and oxygen atoms in total. The van der Waals surface area contributed by atoms with E-state index in [-0.39, 0.29) is 6.04 Å². The van der Waals surface area contributed by atoms with Crippen LogP contribution in [0.4, 0.5) is 0 Å². The minimum absolute atomic E-state index is 0.238. The van der Waals surface area contributed by atoms with Crippen LogP contribution in [0.5, 0.6) is 0 Å². The molecule has 0 amide bonds. The smallest absolute Gasteiger partial charge is 0.252 e. The van der Waals surface area contributed by atoms with Crippen molar-refractivity contribution in [2.75, 3.05) is 13.6 Å². The van der Waals surface area contributed by atoms with E-state index < -0.39 is 10.0 Å². The number of rotatable bonds is 8. The molecule has 1 aromatic heterocycles. The Balaban J connectivity index is 2.25. The molecule has 0 aliphatic heterocycles. The largest absolute Gasteiger partial charge is 0.315 e. The van der Waals surface area contributed by atoms with Crippen molar-refractivity contribution < 1.29 is 8.42 Å². The van der Waals surface area contributed by atoms with Gasteiger partial charge in [0.15, 0.2) is 0 Å². The fraction of sp³-hybridized carbons (Fsp3) is 0.714. The van der Waals surface area contributed by atoms with Gasteiger partial charge in [-0.1, -0.05) is 13.3 Å². The number of nitrogens with zero attached hydrogens (tertiary/aromatic N) is 1. The molecular formula is C14H24N2O2S2. The standard InChI is InChI=1S/C14H24N2O2S2/c1-4-5-8-16(12-6-7-12)20(17,18)14-9-11(2)13(19-14)10-15-3/h9,12,15H,4-8,10H2,1-3H3. The first kappa shape index (κ1) is 15.9. The lowest BCUT2D eigenvalue weighted by Gasteiger charge is -2.20. The van der Waals surface area contributed by atoms with Crippen LogP contribution in [0.3, 0.4) is 0 Å².